The third kappa shape index (κ3) is 3.58. The normalized spacial score (nSPS) is 22.2. The van der Waals surface area contributed by atoms with Gasteiger partial charge in [-0.1, -0.05) is 18.2 Å². The van der Waals surface area contributed by atoms with Gasteiger partial charge in [-0.2, -0.15) is 0 Å². The van der Waals surface area contributed by atoms with Crippen LogP contribution in [0, 0.1) is 0 Å². The molecule has 1 aliphatic heterocycles. The highest BCUT2D eigenvalue weighted by Crippen LogP contribution is 2.22. The zero-order valence-electron chi connectivity index (χ0n) is 10.3. The highest BCUT2D eigenvalue weighted by Gasteiger charge is 2.33. The van der Waals surface area contributed by atoms with E-state index >= 15 is 0 Å². The number of methoxy groups -OCH3 is 1. The summed E-state index contributed by atoms with van der Waals surface area (Å²) in [7, 11) is 1.69. The van der Waals surface area contributed by atoms with Crippen molar-refractivity contribution < 1.29 is 9.47 Å². The fourth-order valence-corrected chi connectivity index (χ4v) is 1.83. The minimum absolute atomic E-state index is 0.581. The molecule has 0 aromatic heterocycles. The molecule has 0 saturated carbocycles. The summed E-state index contributed by atoms with van der Waals surface area (Å²) in [6.45, 7) is 7.20. The summed E-state index contributed by atoms with van der Waals surface area (Å²) in [5.74, 6) is 0.908. The second kappa shape index (κ2) is 5.84. The van der Waals surface area contributed by atoms with Crippen molar-refractivity contribution in [3.8, 4) is 5.75 Å². The van der Waals surface area contributed by atoms with E-state index < -0.39 is 0 Å². The summed E-state index contributed by atoms with van der Waals surface area (Å²) >= 11 is 0. The molecule has 17 heavy (non-hydrogen) atoms. The first-order chi connectivity index (χ1) is 8.33. The van der Waals surface area contributed by atoms with Crippen LogP contribution >= 0.6 is 0 Å². The maximum Gasteiger partial charge on any atom is 0.118 e. The van der Waals surface area contributed by atoms with Crippen LogP contribution in [0.5, 0.6) is 5.75 Å². The number of hydrogen-bond acceptors (Lipinski definition) is 3. The topological polar surface area (TPSA) is 21.5 Å². The van der Waals surface area contributed by atoms with Crippen molar-refractivity contribution in [3.05, 3.63) is 42.5 Å². The summed E-state index contributed by atoms with van der Waals surface area (Å²) in [6, 6.07) is 8.80. The Hall–Kier alpha value is -1.32. The van der Waals surface area contributed by atoms with Gasteiger partial charge in [0, 0.05) is 19.1 Å². The second-order valence-corrected chi connectivity index (χ2v) is 4.26. The van der Waals surface area contributed by atoms with Gasteiger partial charge in [-0.25, -0.2) is 0 Å². The number of rotatable bonds is 7. The summed E-state index contributed by atoms with van der Waals surface area (Å²) in [5, 5.41) is 0. The van der Waals surface area contributed by atoms with Gasteiger partial charge in [-0.05, 0) is 17.7 Å². The van der Waals surface area contributed by atoms with Crippen LogP contribution in [-0.4, -0.2) is 37.8 Å². The van der Waals surface area contributed by atoms with E-state index in [0.717, 1.165) is 25.4 Å². The molecule has 2 atom stereocenters. The Morgan fingerprint density at radius 1 is 1.41 bits per heavy atom. The first-order valence-corrected chi connectivity index (χ1v) is 5.89. The molecule has 0 bridgehead atoms. The van der Waals surface area contributed by atoms with Gasteiger partial charge in [0.2, 0.25) is 0 Å². The quantitative estimate of drug-likeness (QED) is 0.409. The third-order valence-corrected chi connectivity index (χ3v) is 2.92. The third-order valence-electron chi connectivity index (χ3n) is 2.92. The van der Waals surface area contributed by atoms with E-state index in [1.165, 1.54) is 5.56 Å². The molecule has 1 heterocycles. The number of hydrogen-bond donors (Lipinski definition) is 0. The van der Waals surface area contributed by atoms with E-state index in [1.807, 2.05) is 12.1 Å². The molecule has 3 heteroatoms. The van der Waals surface area contributed by atoms with Crippen LogP contribution in [-0.2, 0) is 11.3 Å². The predicted molar refractivity (Wildman–Crippen MR) is 68.2 cm³/mol. The van der Waals surface area contributed by atoms with Crippen LogP contribution in [0.4, 0.5) is 0 Å². The van der Waals surface area contributed by atoms with Gasteiger partial charge < -0.3 is 9.47 Å². The largest absolute Gasteiger partial charge is 0.497 e. The van der Waals surface area contributed by atoms with Crippen molar-refractivity contribution >= 4 is 0 Å². The molecule has 1 saturated heterocycles. The van der Waals surface area contributed by atoms with Crippen molar-refractivity contribution in [3.63, 3.8) is 0 Å². The highest BCUT2D eigenvalue weighted by atomic mass is 16.5. The monoisotopic (exact) mass is 233 g/mol. The van der Waals surface area contributed by atoms with E-state index in [4.69, 9.17) is 9.47 Å². The molecule has 1 aromatic rings. The van der Waals surface area contributed by atoms with Gasteiger partial charge in [0.25, 0.3) is 0 Å². The van der Waals surface area contributed by atoms with Gasteiger partial charge in [-0.3, -0.25) is 4.90 Å². The average Bonchev–Trinajstić information content (AvgIpc) is 3.09. The summed E-state index contributed by atoms with van der Waals surface area (Å²) in [4.78, 5) is 2.39. The molecular weight excluding hydrogens is 214 g/mol. The van der Waals surface area contributed by atoms with Crippen molar-refractivity contribution in [2.24, 2.45) is 0 Å². The van der Waals surface area contributed by atoms with Crippen molar-refractivity contribution in [2.75, 3.05) is 26.9 Å². The van der Waals surface area contributed by atoms with Crippen molar-refractivity contribution in [2.45, 2.75) is 12.6 Å². The summed E-state index contributed by atoms with van der Waals surface area (Å²) in [5.41, 5.74) is 1.32. The predicted octanol–water partition coefficient (Wildman–Crippen LogP) is 2.08. The number of benzene rings is 1. The van der Waals surface area contributed by atoms with Gasteiger partial charge in [0.05, 0.1) is 20.3 Å². The van der Waals surface area contributed by atoms with E-state index in [2.05, 4.69) is 23.6 Å². The van der Waals surface area contributed by atoms with Crippen LogP contribution in [0.15, 0.2) is 36.9 Å². The average molecular weight is 233 g/mol. The molecule has 0 spiro atoms. The highest BCUT2D eigenvalue weighted by molar-refractivity contribution is 5.27. The van der Waals surface area contributed by atoms with Crippen LogP contribution in [0.2, 0.25) is 0 Å². The van der Waals surface area contributed by atoms with Crippen LogP contribution in [0.3, 0.4) is 0 Å². The molecule has 92 valence electrons. The van der Waals surface area contributed by atoms with E-state index in [1.54, 1.807) is 13.2 Å². The van der Waals surface area contributed by atoms with Crippen LogP contribution < -0.4 is 4.74 Å². The zero-order valence-corrected chi connectivity index (χ0v) is 10.3. The Bertz CT molecular complexity index is 361. The first-order valence-electron chi connectivity index (χ1n) is 5.89. The van der Waals surface area contributed by atoms with E-state index in [9.17, 15) is 0 Å². The molecule has 2 rings (SSSR count). The van der Waals surface area contributed by atoms with Gasteiger partial charge in [-0.15, -0.1) is 6.58 Å². The zero-order chi connectivity index (χ0) is 12.1. The van der Waals surface area contributed by atoms with Gasteiger partial charge >= 0.3 is 0 Å². The lowest BCUT2D eigenvalue weighted by molar-refractivity contribution is 0.153. The van der Waals surface area contributed by atoms with Crippen LogP contribution in [0.25, 0.3) is 0 Å². The maximum absolute atomic E-state index is 5.43. The molecule has 0 N–H and O–H groups in total. The van der Waals surface area contributed by atoms with Crippen molar-refractivity contribution in [1.29, 1.82) is 0 Å². The van der Waals surface area contributed by atoms with E-state index in [-0.39, 0.29) is 0 Å². The number of ether oxygens (including phenoxy) is 2. The minimum atomic E-state index is 0.581. The lowest BCUT2D eigenvalue weighted by Gasteiger charge is -2.05. The Kier molecular flexibility index (Phi) is 4.18. The molecule has 1 fully saturated rings. The Morgan fingerprint density at radius 2 is 2.18 bits per heavy atom. The molecule has 0 radical (unpaired) electrons. The fraction of sp³-hybridized carbons (Fsp3) is 0.429. The SMILES string of the molecule is C=CCOCC1CN1Cc1ccc(OC)cc1. The number of nitrogens with zero attached hydrogens (tertiary/aromatic N) is 1. The summed E-state index contributed by atoms with van der Waals surface area (Å²) in [6.07, 6.45) is 1.79. The minimum Gasteiger partial charge on any atom is -0.497 e. The lowest BCUT2D eigenvalue weighted by atomic mass is 10.2. The Labute approximate surface area is 103 Å². The molecule has 1 aliphatic rings. The van der Waals surface area contributed by atoms with E-state index in [0.29, 0.717) is 12.6 Å². The molecule has 3 nitrogen and oxygen atoms in total. The van der Waals surface area contributed by atoms with Crippen molar-refractivity contribution in [1.82, 2.24) is 4.90 Å². The maximum atomic E-state index is 5.43. The first kappa shape index (κ1) is 12.1. The van der Waals surface area contributed by atoms with Gasteiger partial charge in [0.15, 0.2) is 0 Å². The molecular formula is C14H19NO2. The van der Waals surface area contributed by atoms with Crippen LogP contribution in [0.1, 0.15) is 5.56 Å². The Morgan fingerprint density at radius 3 is 2.82 bits per heavy atom. The lowest BCUT2D eigenvalue weighted by Crippen LogP contribution is -2.08. The summed E-state index contributed by atoms with van der Waals surface area (Å²) < 4.78 is 10.6. The smallest absolute Gasteiger partial charge is 0.118 e. The molecule has 1 aromatic carbocycles. The standard InChI is InChI=1S/C14H19NO2/c1-3-8-17-11-13-10-15(13)9-12-4-6-14(16-2)7-5-12/h3-7,13H,1,8-11H2,2H3. The Balaban J connectivity index is 1.73. The molecule has 0 amide bonds. The second-order valence-electron chi connectivity index (χ2n) is 4.26. The molecule has 2 unspecified atom stereocenters. The molecule has 0 aliphatic carbocycles. The fourth-order valence-electron chi connectivity index (χ4n) is 1.83. The van der Waals surface area contributed by atoms with Gasteiger partial charge in [0.1, 0.15) is 5.75 Å².